The van der Waals surface area contributed by atoms with Crippen LogP contribution in [-0.4, -0.2) is 0 Å². The first-order valence-corrected chi connectivity index (χ1v) is 7.61. The van der Waals surface area contributed by atoms with E-state index in [0.717, 1.165) is 23.3 Å². The van der Waals surface area contributed by atoms with Crippen LogP contribution < -0.4 is 0 Å². The van der Waals surface area contributed by atoms with Gasteiger partial charge in [-0.15, -0.1) is 0 Å². The first kappa shape index (κ1) is 13.9. The number of hydrogen-bond donors (Lipinski definition) is 0. The summed E-state index contributed by atoms with van der Waals surface area (Å²) < 4.78 is 6.02. The van der Waals surface area contributed by atoms with Crippen LogP contribution in [0.4, 0.5) is 0 Å². The second-order valence-electron chi connectivity index (χ2n) is 6.67. The van der Waals surface area contributed by atoms with Crippen molar-refractivity contribution in [2.75, 3.05) is 0 Å². The highest BCUT2D eigenvalue weighted by Crippen LogP contribution is 2.31. The summed E-state index contributed by atoms with van der Waals surface area (Å²) in [5.41, 5.74) is 4.94. The lowest BCUT2D eigenvalue weighted by molar-refractivity contribution is 0.589. The maximum atomic E-state index is 6.02. The third-order valence-electron chi connectivity index (χ3n) is 4.00. The van der Waals surface area contributed by atoms with Gasteiger partial charge in [0, 0.05) is 10.9 Å². The predicted molar refractivity (Wildman–Crippen MR) is 89.7 cm³/mol. The molecule has 0 unspecified atom stereocenters. The van der Waals surface area contributed by atoms with Gasteiger partial charge in [-0.2, -0.15) is 0 Å². The minimum atomic E-state index is 0.150. The standard InChI is InChI=1S/C20H22O/c1-5-14-9-10-18-16(11-14)13-19(21-18)15-7-6-8-17(12-15)20(2,3)4/h6-13H,5H2,1-4H3. The third kappa shape index (κ3) is 2.73. The maximum absolute atomic E-state index is 6.02. The lowest BCUT2D eigenvalue weighted by Crippen LogP contribution is -2.10. The number of rotatable bonds is 2. The molecule has 0 aliphatic heterocycles. The Morgan fingerprint density at radius 3 is 2.48 bits per heavy atom. The average molecular weight is 278 g/mol. The molecule has 0 N–H and O–H groups in total. The zero-order chi connectivity index (χ0) is 15.0. The first-order chi connectivity index (χ1) is 9.97. The van der Waals surface area contributed by atoms with Crippen LogP contribution in [0.15, 0.2) is 52.9 Å². The molecule has 3 rings (SSSR count). The average Bonchev–Trinajstić information content (AvgIpc) is 2.89. The minimum Gasteiger partial charge on any atom is -0.456 e. The van der Waals surface area contributed by atoms with Crippen molar-refractivity contribution in [3.63, 3.8) is 0 Å². The Kier molecular flexibility index (Phi) is 3.36. The molecule has 3 aromatic rings. The van der Waals surface area contributed by atoms with Crippen LogP contribution in [0.5, 0.6) is 0 Å². The molecule has 1 heterocycles. The second-order valence-corrected chi connectivity index (χ2v) is 6.67. The highest BCUT2D eigenvalue weighted by atomic mass is 16.3. The Hall–Kier alpha value is -2.02. The highest BCUT2D eigenvalue weighted by Gasteiger charge is 2.15. The molecule has 0 spiro atoms. The number of furan rings is 1. The summed E-state index contributed by atoms with van der Waals surface area (Å²) in [4.78, 5) is 0. The summed E-state index contributed by atoms with van der Waals surface area (Å²) in [6, 6.07) is 17.2. The van der Waals surface area contributed by atoms with E-state index in [2.05, 4.69) is 76.2 Å². The van der Waals surface area contributed by atoms with Gasteiger partial charge in [0.05, 0.1) is 0 Å². The molecule has 1 nitrogen and oxygen atoms in total. The fraction of sp³-hybridized carbons (Fsp3) is 0.300. The topological polar surface area (TPSA) is 13.1 Å². The van der Waals surface area contributed by atoms with E-state index in [4.69, 9.17) is 4.42 Å². The molecule has 0 bridgehead atoms. The van der Waals surface area contributed by atoms with E-state index in [0.29, 0.717) is 0 Å². The minimum absolute atomic E-state index is 0.150. The normalized spacial score (nSPS) is 12.0. The first-order valence-electron chi connectivity index (χ1n) is 7.61. The van der Waals surface area contributed by atoms with Crippen LogP contribution in [0.1, 0.15) is 38.8 Å². The fourth-order valence-corrected chi connectivity index (χ4v) is 2.59. The Morgan fingerprint density at radius 2 is 1.76 bits per heavy atom. The molecule has 0 radical (unpaired) electrons. The highest BCUT2D eigenvalue weighted by molar-refractivity contribution is 5.83. The number of benzene rings is 2. The van der Waals surface area contributed by atoms with Gasteiger partial charge in [-0.3, -0.25) is 0 Å². The lowest BCUT2D eigenvalue weighted by atomic mass is 9.86. The van der Waals surface area contributed by atoms with Crippen molar-refractivity contribution in [3.05, 3.63) is 59.7 Å². The van der Waals surface area contributed by atoms with Crippen LogP contribution >= 0.6 is 0 Å². The number of hydrogen-bond acceptors (Lipinski definition) is 1. The van der Waals surface area contributed by atoms with Crippen molar-refractivity contribution in [2.45, 2.75) is 39.5 Å². The van der Waals surface area contributed by atoms with Gasteiger partial charge in [-0.1, -0.05) is 52.0 Å². The van der Waals surface area contributed by atoms with E-state index in [1.807, 2.05) is 0 Å². The smallest absolute Gasteiger partial charge is 0.135 e. The van der Waals surface area contributed by atoms with Crippen LogP contribution in [0.3, 0.4) is 0 Å². The van der Waals surface area contributed by atoms with E-state index in [1.165, 1.54) is 16.5 Å². The van der Waals surface area contributed by atoms with Gasteiger partial charge in [-0.05, 0) is 47.2 Å². The molecule has 1 aromatic heterocycles. The molecule has 0 amide bonds. The molecule has 0 saturated heterocycles. The molecular formula is C20H22O. The molecule has 1 heteroatoms. The van der Waals surface area contributed by atoms with Crippen LogP contribution in [0.25, 0.3) is 22.3 Å². The molecule has 0 fully saturated rings. The van der Waals surface area contributed by atoms with Gasteiger partial charge >= 0.3 is 0 Å². The summed E-state index contributed by atoms with van der Waals surface area (Å²) >= 11 is 0. The molecule has 0 aliphatic rings. The summed E-state index contributed by atoms with van der Waals surface area (Å²) in [6.07, 6.45) is 1.05. The van der Waals surface area contributed by atoms with Crippen molar-refractivity contribution in [3.8, 4) is 11.3 Å². The van der Waals surface area contributed by atoms with Gasteiger partial charge in [0.1, 0.15) is 11.3 Å². The van der Waals surface area contributed by atoms with Crippen LogP contribution in [-0.2, 0) is 11.8 Å². The predicted octanol–water partition coefficient (Wildman–Crippen LogP) is 5.96. The van der Waals surface area contributed by atoms with E-state index >= 15 is 0 Å². The van der Waals surface area contributed by atoms with Gasteiger partial charge in [0.15, 0.2) is 0 Å². The van der Waals surface area contributed by atoms with Crippen molar-refractivity contribution in [2.24, 2.45) is 0 Å². The fourth-order valence-electron chi connectivity index (χ4n) is 2.59. The molecule has 0 atom stereocenters. The lowest BCUT2D eigenvalue weighted by Gasteiger charge is -2.19. The molecule has 108 valence electrons. The Morgan fingerprint density at radius 1 is 0.952 bits per heavy atom. The van der Waals surface area contributed by atoms with Gasteiger partial charge < -0.3 is 4.42 Å². The second kappa shape index (κ2) is 5.07. The Balaban J connectivity index is 2.08. The van der Waals surface area contributed by atoms with Gasteiger partial charge in [0.25, 0.3) is 0 Å². The Labute approximate surface area is 126 Å². The van der Waals surface area contributed by atoms with Gasteiger partial charge in [0.2, 0.25) is 0 Å². The molecule has 0 aliphatic carbocycles. The summed E-state index contributed by atoms with van der Waals surface area (Å²) in [7, 11) is 0. The molecule has 0 saturated carbocycles. The molecule has 2 aromatic carbocycles. The third-order valence-corrected chi connectivity index (χ3v) is 4.00. The largest absolute Gasteiger partial charge is 0.456 e. The zero-order valence-corrected chi connectivity index (χ0v) is 13.2. The van der Waals surface area contributed by atoms with Crippen LogP contribution in [0.2, 0.25) is 0 Å². The number of aryl methyl sites for hydroxylation is 1. The van der Waals surface area contributed by atoms with Crippen molar-refractivity contribution < 1.29 is 4.42 Å². The number of fused-ring (bicyclic) bond motifs is 1. The zero-order valence-electron chi connectivity index (χ0n) is 13.2. The van der Waals surface area contributed by atoms with Crippen molar-refractivity contribution in [1.29, 1.82) is 0 Å². The van der Waals surface area contributed by atoms with E-state index in [9.17, 15) is 0 Å². The van der Waals surface area contributed by atoms with E-state index < -0.39 is 0 Å². The van der Waals surface area contributed by atoms with Gasteiger partial charge in [-0.25, -0.2) is 0 Å². The van der Waals surface area contributed by atoms with Crippen molar-refractivity contribution >= 4 is 11.0 Å². The summed E-state index contributed by atoms with van der Waals surface area (Å²) in [5.74, 6) is 0.948. The SMILES string of the molecule is CCc1ccc2oc(-c3cccc(C(C)(C)C)c3)cc2c1. The molecular weight excluding hydrogens is 256 g/mol. The van der Waals surface area contributed by atoms with E-state index in [1.54, 1.807) is 0 Å². The quantitative estimate of drug-likeness (QED) is 0.563. The monoisotopic (exact) mass is 278 g/mol. The molecule has 21 heavy (non-hydrogen) atoms. The van der Waals surface area contributed by atoms with Crippen molar-refractivity contribution in [1.82, 2.24) is 0 Å². The maximum Gasteiger partial charge on any atom is 0.135 e. The Bertz CT molecular complexity index is 772. The van der Waals surface area contributed by atoms with Crippen LogP contribution in [0, 0.1) is 0 Å². The van der Waals surface area contributed by atoms with E-state index in [-0.39, 0.29) is 5.41 Å². The summed E-state index contributed by atoms with van der Waals surface area (Å²) in [5, 5.41) is 1.19. The summed E-state index contributed by atoms with van der Waals surface area (Å²) in [6.45, 7) is 8.88.